The molecule has 32 heavy (non-hydrogen) atoms. The van der Waals surface area contributed by atoms with Gasteiger partial charge in [-0.25, -0.2) is 0 Å². The van der Waals surface area contributed by atoms with Crippen molar-refractivity contribution in [1.29, 1.82) is 0 Å². The van der Waals surface area contributed by atoms with Gasteiger partial charge >= 0.3 is 0 Å². The lowest BCUT2D eigenvalue weighted by Gasteiger charge is -2.40. The number of ether oxygens (including phenoxy) is 4. The summed E-state index contributed by atoms with van der Waals surface area (Å²) in [7, 11) is 4.70. The second-order valence-electron chi connectivity index (χ2n) is 8.25. The molecule has 0 amide bonds. The summed E-state index contributed by atoms with van der Waals surface area (Å²) in [6.07, 6.45) is -0.764. The van der Waals surface area contributed by atoms with E-state index in [4.69, 9.17) is 18.9 Å². The van der Waals surface area contributed by atoms with Crippen molar-refractivity contribution in [1.82, 2.24) is 0 Å². The van der Waals surface area contributed by atoms with Crippen LogP contribution in [0.5, 0.6) is 23.0 Å². The van der Waals surface area contributed by atoms with Crippen LogP contribution >= 0.6 is 0 Å². The van der Waals surface area contributed by atoms with Gasteiger partial charge in [0.15, 0.2) is 11.2 Å². The Morgan fingerprint density at radius 2 is 1.56 bits per heavy atom. The zero-order chi connectivity index (χ0) is 22.5. The number of methoxy groups -OCH3 is 3. The number of fused-ring (bicyclic) bond motifs is 3. The number of aliphatic hydroxyl groups excluding tert-OH is 1. The van der Waals surface area contributed by atoms with Gasteiger partial charge in [-0.3, -0.25) is 0 Å². The van der Waals surface area contributed by atoms with Crippen molar-refractivity contribution in [2.24, 2.45) is 0 Å². The van der Waals surface area contributed by atoms with Crippen molar-refractivity contribution in [3.63, 3.8) is 0 Å². The van der Waals surface area contributed by atoms with Gasteiger partial charge in [-0.1, -0.05) is 42.5 Å². The molecule has 166 valence electrons. The largest absolute Gasteiger partial charge is 0.497 e. The van der Waals surface area contributed by atoms with Crippen LogP contribution in [0.2, 0.25) is 0 Å². The Labute approximate surface area is 186 Å². The first-order valence-electron chi connectivity index (χ1n) is 10.5. The van der Waals surface area contributed by atoms with Crippen LogP contribution < -0.4 is 18.9 Å². The van der Waals surface area contributed by atoms with E-state index in [2.05, 4.69) is 0 Å². The fourth-order valence-electron chi connectivity index (χ4n) is 5.42. The molecule has 2 N–H and O–H groups in total. The van der Waals surface area contributed by atoms with E-state index in [1.165, 1.54) is 7.11 Å². The number of hydrogen-bond acceptors (Lipinski definition) is 6. The van der Waals surface area contributed by atoms with Crippen molar-refractivity contribution in [2.75, 3.05) is 21.3 Å². The predicted octanol–water partition coefficient (Wildman–Crippen LogP) is 3.74. The van der Waals surface area contributed by atoms with E-state index in [0.717, 1.165) is 11.1 Å². The molecule has 1 heterocycles. The summed E-state index contributed by atoms with van der Waals surface area (Å²) < 4.78 is 23.1. The molecule has 6 nitrogen and oxygen atoms in total. The van der Waals surface area contributed by atoms with Crippen LogP contribution in [0.1, 0.15) is 29.0 Å². The summed E-state index contributed by atoms with van der Waals surface area (Å²) in [5.74, 6) is 1.75. The summed E-state index contributed by atoms with van der Waals surface area (Å²) in [6.45, 7) is 0. The molecule has 6 heteroatoms. The first-order chi connectivity index (χ1) is 15.5. The maximum Gasteiger partial charge on any atom is 0.176 e. The topological polar surface area (TPSA) is 77.4 Å². The van der Waals surface area contributed by atoms with Crippen molar-refractivity contribution < 1.29 is 29.2 Å². The van der Waals surface area contributed by atoms with Gasteiger partial charge < -0.3 is 29.2 Å². The van der Waals surface area contributed by atoms with Crippen molar-refractivity contribution in [2.45, 2.75) is 29.6 Å². The Balaban J connectivity index is 1.80. The fraction of sp³-hybridized carbons (Fsp3) is 0.308. The lowest BCUT2D eigenvalue weighted by atomic mass is 9.71. The molecule has 4 atom stereocenters. The minimum atomic E-state index is -1.74. The molecule has 0 aromatic heterocycles. The molecule has 3 unspecified atom stereocenters. The van der Waals surface area contributed by atoms with Crippen LogP contribution in [0.3, 0.4) is 0 Å². The third kappa shape index (κ3) is 2.60. The smallest absolute Gasteiger partial charge is 0.176 e. The number of hydrogen-bond donors (Lipinski definition) is 2. The van der Waals surface area contributed by atoms with Gasteiger partial charge in [-0.15, -0.1) is 0 Å². The lowest BCUT2D eigenvalue weighted by Crippen LogP contribution is -2.52. The second-order valence-corrected chi connectivity index (χ2v) is 8.25. The van der Waals surface area contributed by atoms with Crippen LogP contribution in [0.25, 0.3) is 0 Å². The third-order valence-corrected chi connectivity index (χ3v) is 6.87. The number of aliphatic hydroxyl groups is 2. The maximum atomic E-state index is 12.4. The highest BCUT2D eigenvalue weighted by atomic mass is 16.5. The minimum Gasteiger partial charge on any atom is -0.497 e. The molecule has 1 saturated carbocycles. The summed E-state index contributed by atoms with van der Waals surface area (Å²) in [4.78, 5) is 0. The standard InChI is InChI=1S/C26H26O6/c1-29-18-11-9-17(10-12-18)26-20(16-7-5-4-6-8-16)15-23(27)25(26,28)24-21(31-3)13-19(30-2)14-22(24)32-26/h4-14,20,23,27-28H,15H2,1-3H3/t20?,23-,25?,26?/m1/s1. The summed E-state index contributed by atoms with van der Waals surface area (Å²) in [5.41, 5.74) is -0.875. The van der Waals surface area contributed by atoms with E-state index in [1.54, 1.807) is 26.4 Å². The molecule has 0 radical (unpaired) electrons. The molecular formula is C26H26O6. The Kier molecular flexibility index (Phi) is 4.80. The Hall–Kier alpha value is -3.22. The summed E-state index contributed by atoms with van der Waals surface area (Å²) >= 11 is 0. The van der Waals surface area contributed by atoms with Crippen molar-refractivity contribution >= 4 is 0 Å². The van der Waals surface area contributed by atoms with E-state index >= 15 is 0 Å². The number of benzene rings is 3. The van der Waals surface area contributed by atoms with Crippen LogP contribution in [0.4, 0.5) is 0 Å². The third-order valence-electron chi connectivity index (χ3n) is 6.87. The van der Waals surface area contributed by atoms with Crippen LogP contribution in [-0.2, 0) is 11.2 Å². The molecule has 0 bridgehead atoms. The van der Waals surface area contributed by atoms with Gasteiger partial charge in [0, 0.05) is 18.1 Å². The molecule has 5 rings (SSSR count). The van der Waals surface area contributed by atoms with E-state index in [1.807, 2.05) is 54.6 Å². The van der Waals surface area contributed by atoms with E-state index in [-0.39, 0.29) is 5.92 Å². The van der Waals surface area contributed by atoms with Crippen LogP contribution in [0, 0.1) is 0 Å². The first kappa shape index (κ1) is 20.7. The van der Waals surface area contributed by atoms with E-state index in [9.17, 15) is 10.2 Å². The number of rotatable bonds is 5. The summed E-state index contributed by atoms with van der Waals surface area (Å²) in [6, 6.07) is 20.7. The van der Waals surface area contributed by atoms with Gasteiger partial charge in [-0.2, -0.15) is 0 Å². The fourth-order valence-corrected chi connectivity index (χ4v) is 5.42. The molecule has 3 aromatic carbocycles. The van der Waals surface area contributed by atoms with Gasteiger partial charge in [0.05, 0.1) is 33.0 Å². The van der Waals surface area contributed by atoms with Gasteiger partial charge in [0.1, 0.15) is 23.0 Å². The monoisotopic (exact) mass is 434 g/mol. The second kappa shape index (κ2) is 7.43. The molecular weight excluding hydrogens is 408 g/mol. The predicted molar refractivity (Wildman–Crippen MR) is 119 cm³/mol. The highest BCUT2D eigenvalue weighted by Gasteiger charge is 2.73. The lowest BCUT2D eigenvalue weighted by molar-refractivity contribution is -0.150. The Morgan fingerprint density at radius 3 is 2.19 bits per heavy atom. The van der Waals surface area contributed by atoms with Gasteiger partial charge in [0.25, 0.3) is 0 Å². The van der Waals surface area contributed by atoms with Crippen LogP contribution in [-0.4, -0.2) is 37.6 Å². The molecule has 0 spiro atoms. The zero-order valence-electron chi connectivity index (χ0n) is 18.2. The Morgan fingerprint density at radius 1 is 0.875 bits per heavy atom. The van der Waals surface area contributed by atoms with Crippen molar-refractivity contribution in [3.05, 3.63) is 83.4 Å². The SMILES string of the molecule is COc1ccc(C23Oc4cc(OC)cc(OC)c4C2(O)[C@H](O)CC3c2ccccc2)cc1. The zero-order valence-corrected chi connectivity index (χ0v) is 18.2. The molecule has 1 fully saturated rings. The van der Waals surface area contributed by atoms with E-state index in [0.29, 0.717) is 35.0 Å². The first-order valence-corrected chi connectivity index (χ1v) is 10.5. The average molecular weight is 434 g/mol. The van der Waals surface area contributed by atoms with Gasteiger partial charge in [0.2, 0.25) is 0 Å². The highest BCUT2D eigenvalue weighted by molar-refractivity contribution is 5.62. The van der Waals surface area contributed by atoms with Crippen molar-refractivity contribution in [3.8, 4) is 23.0 Å². The van der Waals surface area contributed by atoms with E-state index < -0.39 is 17.3 Å². The van der Waals surface area contributed by atoms with Gasteiger partial charge in [-0.05, 0) is 29.7 Å². The highest BCUT2D eigenvalue weighted by Crippen LogP contribution is 2.68. The molecule has 1 aliphatic carbocycles. The molecule has 1 aliphatic heterocycles. The maximum absolute atomic E-state index is 12.4. The molecule has 0 saturated heterocycles. The minimum absolute atomic E-state index is 0.319. The summed E-state index contributed by atoms with van der Waals surface area (Å²) in [5, 5.41) is 23.7. The average Bonchev–Trinajstić information content (AvgIpc) is 3.24. The molecule has 3 aromatic rings. The quantitative estimate of drug-likeness (QED) is 0.637. The normalized spacial score (nSPS) is 27.9. The Bertz CT molecular complexity index is 1130. The molecule has 2 aliphatic rings. The van der Waals surface area contributed by atoms with Crippen LogP contribution in [0.15, 0.2) is 66.7 Å².